The summed E-state index contributed by atoms with van der Waals surface area (Å²) >= 11 is 0. The maximum absolute atomic E-state index is 13.3. The third-order valence-electron chi connectivity index (χ3n) is 3.28. The molecule has 1 aromatic rings. The average Bonchev–Trinajstić information content (AvgIpc) is 2.81. The molecule has 1 fully saturated rings. The summed E-state index contributed by atoms with van der Waals surface area (Å²) in [6, 6.07) is 4.20. The van der Waals surface area contributed by atoms with Crippen LogP contribution < -0.4 is 5.32 Å². The van der Waals surface area contributed by atoms with Crippen LogP contribution in [0.4, 0.5) is 8.78 Å². The van der Waals surface area contributed by atoms with Crippen LogP contribution in [0.2, 0.25) is 0 Å². The van der Waals surface area contributed by atoms with Crippen LogP contribution in [0.1, 0.15) is 25.0 Å². The molecular weight excluding hydrogens is 252 g/mol. The van der Waals surface area contributed by atoms with E-state index in [0.29, 0.717) is 18.8 Å². The van der Waals surface area contributed by atoms with Gasteiger partial charge in [0, 0.05) is 25.8 Å². The Labute approximate surface area is 111 Å². The van der Waals surface area contributed by atoms with Crippen molar-refractivity contribution >= 4 is 0 Å². The molecule has 0 saturated carbocycles. The summed E-state index contributed by atoms with van der Waals surface area (Å²) in [5, 5.41) is 3.40. The molecule has 2 rings (SSSR count). The normalized spacial score (nSPS) is 24.6. The Hall–Kier alpha value is -1.04. The fourth-order valence-corrected chi connectivity index (χ4v) is 2.44. The van der Waals surface area contributed by atoms with E-state index in [1.54, 1.807) is 13.2 Å². The summed E-state index contributed by atoms with van der Waals surface area (Å²) in [4.78, 5) is 0. The monoisotopic (exact) mass is 271 g/mol. The molecular formula is C14H19F2NO2. The van der Waals surface area contributed by atoms with Crippen molar-refractivity contribution < 1.29 is 18.3 Å². The Morgan fingerprint density at radius 1 is 1.42 bits per heavy atom. The summed E-state index contributed by atoms with van der Waals surface area (Å²) in [6.45, 7) is 3.23. The summed E-state index contributed by atoms with van der Waals surface area (Å²) in [5.74, 6) is -1.67. The van der Waals surface area contributed by atoms with E-state index in [-0.39, 0.29) is 18.2 Å². The third-order valence-corrected chi connectivity index (χ3v) is 3.28. The second-order valence-electron chi connectivity index (χ2n) is 4.88. The fraction of sp³-hybridized carbons (Fsp3) is 0.571. The number of rotatable bonds is 5. The molecule has 0 aliphatic carbocycles. The molecule has 0 aromatic heterocycles. The van der Waals surface area contributed by atoms with Gasteiger partial charge in [0.15, 0.2) is 11.6 Å². The van der Waals surface area contributed by atoms with Crippen molar-refractivity contribution in [1.82, 2.24) is 5.32 Å². The predicted molar refractivity (Wildman–Crippen MR) is 67.9 cm³/mol. The van der Waals surface area contributed by atoms with E-state index in [4.69, 9.17) is 9.47 Å². The number of nitrogens with one attached hydrogen (secondary N) is 1. The summed E-state index contributed by atoms with van der Waals surface area (Å²) in [6.07, 6.45) is 0.604. The van der Waals surface area contributed by atoms with E-state index in [2.05, 4.69) is 5.32 Å². The zero-order valence-corrected chi connectivity index (χ0v) is 11.2. The molecule has 5 heteroatoms. The molecule has 0 spiro atoms. The molecule has 1 aliphatic rings. The quantitative estimate of drug-likeness (QED) is 0.892. The topological polar surface area (TPSA) is 30.5 Å². The van der Waals surface area contributed by atoms with Gasteiger partial charge < -0.3 is 14.8 Å². The molecule has 1 aromatic carbocycles. The van der Waals surface area contributed by atoms with Gasteiger partial charge in [-0.15, -0.1) is 0 Å². The van der Waals surface area contributed by atoms with E-state index in [0.717, 1.165) is 12.5 Å². The Morgan fingerprint density at radius 3 is 2.89 bits per heavy atom. The van der Waals surface area contributed by atoms with E-state index < -0.39 is 11.6 Å². The van der Waals surface area contributed by atoms with Crippen LogP contribution >= 0.6 is 0 Å². The second-order valence-corrected chi connectivity index (χ2v) is 4.88. The fourth-order valence-electron chi connectivity index (χ4n) is 2.44. The lowest BCUT2D eigenvalue weighted by atomic mass is 10.0. The zero-order chi connectivity index (χ0) is 13.8. The first-order chi connectivity index (χ1) is 9.11. The molecule has 106 valence electrons. The highest BCUT2D eigenvalue weighted by Gasteiger charge is 2.30. The highest BCUT2D eigenvalue weighted by Crippen LogP contribution is 2.30. The van der Waals surface area contributed by atoms with Crippen LogP contribution in [0.3, 0.4) is 0 Å². The zero-order valence-electron chi connectivity index (χ0n) is 11.2. The first-order valence-corrected chi connectivity index (χ1v) is 6.43. The Balaban J connectivity index is 2.07. The number of hydrogen-bond donors (Lipinski definition) is 1. The lowest BCUT2D eigenvalue weighted by molar-refractivity contribution is 0.0910. The molecule has 19 heavy (non-hydrogen) atoms. The van der Waals surface area contributed by atoms with Gasteiger partial charge in [-0.05, 0) is 31.0 Å². The van der Waals surface area contributed by atoms with Crippen LogP contribution in [-0.2, 0) is 9.47 Å². The van der Waals surface area contributed by atoms with Crippen molar-refractivity contribution in [3.8, 4) is 0 Å². The molecule has 0 bridgehead atoms. The standard InChI is InChI=1S/C14H19F2NO2/c1-9(8-18-2)17-13-5-6-19-14(13)10-3-4-11(15)12(16)7-10/h3-4,7,9,13-14,17H,5-6,8H2,1-2H3/t9-,13-,14+/m0/s1. The second kappa shape index (κ2) is 6.41. The van der Waals surface area contributed by atoms with E-state index >= 15 is 0 Å². The van der Waals surface area contributed by atoms with Crippen molar-refractivity contribution in [2.45, 2.75) is 31.5 Å². The number of hydrogen-bond acceptors (Lipinski definition) is 3. The minimum Gasteiger partial charge on any atom is -0.383 e. The Morgan fingerprint density at radius 2 is 2.21 bits per heavy atom. The number of methoxy groups -OCH3 is 1. The van der Waals surface area contributed by atoms with Crippen molar-refractivity contribution in [2.24, 2.45) is 0 Å². The van der Waals surface area contributed by atoms with E-state index in [9.17, 15) is 8.78 Å². The van der Waals surface area contributed by atoms with Crippen molar-refractivity contribution in [3.63, 3.8) is 0 Å². The molecule has 0 amide bonds. The van der Waals surface area contributed by atoms with Crippen LogP contribution in [0.25, 0.3) is 0 Å². The lowest BCUT2D eigenvalue weighted by Crippen LogP contribution is -2.40. The molecule has 1 N–H and O–H groups in total. The largest absolute Gasteiger partial charge is 0.383 e. The van der Waals surface area contributed by atoms with Gasteiger partial charge in [-0.1, -0.05) is 6.07 Å². The van der Waals surface area contributed by atoms with E-state index in [1.807, 2.05) is 6.92 Å². The van der Waals surface area contributed by atoms with E-state index in [1.165, 1.54) is 6.07 Å². The van der Waals surface area contributed by atoms with Crippen LogP contribution in [-0.4, -0.2) is 32.4 Å². The number of ether oxygens (including phenoxy) is 2. The minimum absolute atomic E-state index is 0.0926. The Bertz CT molecular complexity index is 428. The van der Waals surface area contributed by atoms with Crippen LogP contribution in [0, 0.1) is 11.6 Å². The number of benzene rings is 1. The highest BCUT2D eigenvalue weighted by molar-refractivity contribution is 5.22. The molecule has 1 saturated heterocycles. The van der Waals surface area contributed by atoms with Crippen molar-refractivity contribution in [3.05, 3.63) is 35.4 Å². The molecule has 3 nitrogen and oxygen atoms in total. The van der Waals surface area contributed by atoms with Gasteiger partial charge in [-0.25, -0.2) is 8.78 Å². The lowest BCUT2D eigenvalue weighted by Gasteiger charge is -2.24. The number of halogens is 2. The van der Waals surface area contributed by atoms with Gasteiger partial charge in [0.1, 0.15) is 0 Å². The summed E-state index contributed by atoms with van der Waals surface area (Å²) in [5.41, 5.74) is 0.665. The predicted octanol–water partition coefficient (Wildman–Crippen LogP) is 2.42. The van der Waals surface area contributed by atoms with Crippen molar-refractivity contribution in [2.75, 3.05) is 20.3 Å². The van der Waals surface area contributed by atoms with Gasteiger partial charge in [0.05, 0.1) is 12.7 Å². The third kappa shape index (κ3) is 3.49. The summed E-state index contributed by atoms with van der Waals surface area (Å²) < 4.78 is 36.9. The SMILES string of the molecule is COC[C@H](C)N[C@H]1CCO[C@@H]1c1ccc(F)c(F)c1. The highest BCUT2D eigenvalue weighted by atomic mass is 19.2. The smallest absolute Gasteiger partial charge is 0.159 e. The van der Waals surface area contributed by atoms with Crippen LogP contribution in [0.5, 0.6) is 0 Å². The molecule has 3 atom stereocenters. The average molecular weight is 271 g/mol. The van der Waals surface area contributed by atoms with Crippen LogP contribution in [0.15, 0.2) is 18.2 Å². The Kier molecular flexibility index (Phi) is 4.85. The molecule has 0 radical (unpaired) electrons. The maximum Gasteiger partial charge on any atom is 0.159 e. The minimum atomic E-state index is -0.836. The first-order valence-electron chi connectivity index (χ1n) is 6.43. The summed E-state index contributed by atoms with van der Waals surface area (Å²) in [7, 11) is 1.65. The molecule has 0 unspecified atom stereocenters. The first kappa shape index (κ1) is 14.4. The van der Waals surface area contributed by atoms with Gasteiger partial charge >= 0.3 is 0 Å². The van der Waals surface area contributed by atoms with Gasteiger partial charge in [-0.2, -0.15) is 0 Å². The van der Waals surface area contributed by atoms with Gasteiger partial charge in [-0.3, -0.25) is 0 Å². The van der Waals surface area contributed by atoms with Gasteiger partial charge in [0.2, 0.25) is 0 Å². The molecule has 1 aliphatic heterocycles. The molecule has 1 heterocycles. The maximum atomic E-state index is 13.3. The van der Waals surface area contributed by atoms with Gasteiger partial charge in [0.25, 0.3) is 0 Å². The van der Waals surface area contributed by atoms with Crippen molar-refractivity contribution in [1.29, 1.82) is 0 Å².